The molecule has 0 fully saturated rings. The van der Waals surface area contributed by atoms with Crippen LogP contribution in [0.4, 0.5) is 5.69 Å². The van der Waals surface area contributed by atoms with E-state index in [-0.39, 0.29) is 30.8 Å². The van der Waals surface area contributed by atoms with Crippen molar-refractivity contribution in [1.29, 1.82) is 0 Å². The summed E-state index contributed by atoms with van der Waals surface area (Å²) in [4.78, 5) is 39.2. The molecule has 1 unspecified atom stereocenters. The van der Waals surface area contributed by atoms with Gasteiger partial charge in [0.1, 0.15) is 0 Å². The van der Waals surface area contributed by atoms with E-state index in [9.17, 15) is 14.4 Å². The Hall–Kier alpha value is -2.99. The van der Waals surface area contributed by atoms with Gasteiger partial charge in [0.05, 0.1) is 31.3 Å². The minimum absolute atomic E-state index is 0.0939. The number of imide groups is 1. The number of anilines is 1. The summed E-state index contributed by atoms with van der Waals surface area (Å²) in [5, 5.41) is 2.93. The van der Waals surface area contributed by atoms with Crippen molar-refractivity contribution in [3.05, 3.63) is 64.7 Å². The van der Waals surface area contributed by atoms with Gasteiger partial charge in [0.2, 0.25) is 0 Å². The first-order valence-electron chi connectivity index (χ1n) is 9.01. The summed E-state index contributed by atoms with van der Waals surface area (Å²) >= 11 is 0. The molecule has 3 rings (SSSR count). The van der Waals surface area contributed by atoms with Crippen LogP contribution in [0.25, 0.3) is 0 Å². The maximum Gasteiger partial charge on any atom is 0.279 e. The van der Waals surface area contributed by atoms with Gasteiger partial charge in [-0.1, -0.05) is 24.3 Å². The lowest BCUT2D eigenvalue weighted by molar-refractivity contribution is -0.870. The average Bonchev–Trinajstić information content (AvgIpc) is 2.88. The Morgan fingerprint density at radius 1 is 1.00 bits per heavy atom. The minimum Gasteiger partial charge on any atom is -0.328 e. The molecule has 140 valence electrons. The first-order chi connectivity index (χ1) is 12.9. The van der Waals surface area contributed by atoms with Gasteiger partial charge in [-0.2, -0.15) is 0 Å². The standard InChI is InChI=1S/C21H23N3O3/c1-14-7-6-10-18(15(14)2)22-19(25)13-23(3)11-12-24-20(26)16-8-4-5-9-17(16)21(24)27/h4-10H,11-13H2,1-3H3,(H,22,25)/p+1. The smallest absolute Gasteiger partial charge is 0.279 e. The first-order valence-corrected chi connectivity index (χ1v) is 9.01. The number of quaternary nitrogens is 1. The Morgan fingerprint density at radius 2 is 1.63 bits per heavy atom. The predicted molar refractivity (Wildman–Crippen MR) is 103 cm³/mol. The quantitative estimate of drug-likeness (QED) is 0.751. The van der Waals surface area contributed by atoms with E-state index in [1.165, 1.54) is 4.90 Å². The van der Waals surface area contributed by atoms with E-state index in [0.29, 0.717) is 17.7 Å². The topological polar surface area (TPSA) is 70.9 Å². The van der Waals surface area contributed by atoms with Crippen LogP contribution in [0, 0.1) is 13.8 Å². The number of carbonyl (C=O) groups excluding carboxylic acids is 3. The Balaban J connectivity index is 1.54. The molecular formula is C21H24N3O3+. The molecule has 0 saturated heterocycles. The van der Waals surface area contributed by atoms with Crippen LogP contribution in [0.1, 0.15) is 31.8 Å². The molecular weight excluding hydrogens is 342 g/mol. The third-order valence-electron chi connectivity index (χ3n) is 4.98. The fraction of sp³-hybridized carbons (Fsp3) is 0.286. The van der Waals surface area contributed by atoms with Gasteiger partial charge in [-0.25, -0.2) is 0 Å². The number of nitrogens with one attached hydrogen (secondary N) is 2. The Bertz CT molecular complexity index is 872. The van der Waals surface area contributed by atoms with Gasteiger partial charge in [0, 0.05) is 5.69 Å². The van der Waals surface area contributed by atoms with Gasteiger partial charge in [0.15, 0.2) is 6.54 Å². The number of fused-ring (bicyclic) bond motifs is 1. The normalized spacial score (nSPS) is 14.3. The second-order valence-corrected chi connectivity index (χ2v) is 6.99. The zero-order valence-corrected chi connectivity index (χ0v) is 15.8. The maximum absolute atomic E-state index is 12.4. The lowest BCUT2D eigenvalue weighted by Gasteiger charge is -2.18. The summed E-state index contributed by atoms with van der Waals surface area (Å²) < 4.78 is 0. The molecule has 0 aliphatic carbocycles. The Labute approximate surface area is 158 Å². The van der Waals surface area contributed by atoms with E-state index >= 15 is 0 Å². The van der Waals surface area contributed by atoms with Crippen LogP contribution < -0.4 is 10.2 Å². The van der Waals surface area contributed by atoms with E-state index in [1.807, 2.05) is 39.1 Å². The van der Waals surface area contributed by atoms with Crippen LogP contribution in [-0.4, -0.2) is 49.3 Å². The van der Waals surface area contributed by atoms with Crippen molar-refractivity contribution in [3.63, 3.8) is 0 Å². The lowest BCUT2D eigenvalue weighted by Crippen LogP contribution is -3.10. The Morgan fingerprint density at radius 3 is 2.26 bits per heavy atom. The third kappa shape index (κ3) is 3.90. The highest BCUT2D eigenvalue weighted by Crippen LogP contribution is 2.21. The molecule has 1 atom stereocenters. The number of rotatable bonds is 6. The van der Waals surface area contributed by atoms with E-state index in [4.69, 9.17) is 0 Å². The van der Waals surface area contributed by atoms with Crippen molar-refractivity contribution in [3.8, 4) is 0 Å². The molecule has 1 aliphatic rings. The molecule has 2 N–H and O–H groups in total. The molecule has 0 bridgehead atoms. The van der Waals surface area contributed by atoms with E-state index < -0.39 is 0 Å². The molecule has 0 saturated carbocycles. The monoisotopic (exact) mass is 366 g/mol. The fourth-order valence-electron chi connectivity index (χ4n) is 3.19. The third-order valence-corrected chi connectivity index (χ3v) is 4.98. The van der Waals surface area contributed by atoms with E-state index in [0.717, 1.165) is 21.7 Å². The molecule has 0 aromatic heterocycles. The summed E-state index contributed by atoms with van der Waals surface area (Å²) in [6.07, 6.45) is 0. The molecule has 0 radical (unpaired) electrons. The summed E-state index contributed by atoms with van der Waals surface area (Å²) in [7, 11) is 1.88. The van der Waals surface area contributed by atoms with Crippen LogP contribution in [-0.2, 0) is 4.79 Å². The minimum atomic E-state index is -0.261. The Kier molecular flexibility index (Phi) is 5.37. The number of nitrogens with zero attached hydrogens (tertiary/aromatic N) is 1. The SMILES string of the molecule is Cc1cccc(NC(=O)C[NH+](C)CCN2C(=O)c3ccccc3C2=O)c1C. The van der Waals surface area contributed by atoms with Gasteiger partial charge in [-0.15, -0.1) is 0 Å². The van der Waals surface area contributed by atoms with Gasteiger partial charge in [0.25, 0.3) is 17.7 Å². The molecule has 1 aliphatic heterocycles. The number of hydrogen-bond acceptors (Lipinski definition) is 3. The predicted octanol–water partition coefficient (Wildman–Crippen LogP) is 1.05. The van der Waals surface area contributed by atoms with Crippen LogP contribution in [0.5, 0.6) is 0 Å². The maximum atomic E-state index is 12.4. The summed E-state index contributed by atoms with van der Waals surface area (Å²) in [6, 6.07) is 12.6. The number of carbonyl (C=O) groups is 3. The van der Waals surface area contributed by atoms with Crippen LogP contribution in [0.2, 0.25) is 0 Å². The van der Waals surface area contributed by atoms with Crippen molar-refractivity contribution >= 4 is 23.4 Å². The van der Waals surface area contributed by atoms with Crippen molar-refractivity contribution in [2.75, 3.05) is 32.0 Å². The summed E-state index contributed by atoms with van der Waals surface area (Å²) in [6.45, 7) is 5.03. The summed E-state index contributed by atoms with van der Waals surface area (Å²) in [5.41, 5.74) is 3.89. The number of aryl methyl sites for hydroxylation is 1. The highest BCUT2D eigenvalue weighted by molar-refractivity contribution is 6.21. The van der Waals surface area contributed by atoms with Gasteiger partial charge >= 0.3 is 0 Å². The van der Waals surface area contributed by atoms with Crippen molar-refractivity contribution < 1.29 is 19.3 Å². The highest BCUT2D eigenvalue weighted by Gasteiger charge is 2.35. The van der Waals surface area contributed by atoms with E-state index in [1.54, 1.807) is 24.3 Å². The van der Waals surface area contributed by atoms with Crippen LogP contribution in [0.3, 0.4) is 0 Å². The molecule has 6 heteroatoms. The number of likely N-dealkylation sites (N-methyl/N-ethyl adjacent to an activating group) is 1. The van der Waals surface area contributed by atoms with Crippen molar-refractivity contribution in [2.24, 2.45) is 0 Å². The second-order valence-electron chi connectivity index (χ2n) is 6.99. The zero-order valence-electron chi connectivity index (χ0n) is 15.8. The summed E-state index contributed by atoms with van der Waals surface area (Å²) in [5.74, 6) is -0.616. The molecule has 0 spiro atoms. The molecule has 27 heavy (non-hydrogen) atoms. The largest absolute Gasteiger partial charge is 0.328 e. The average molecular weight is 366 g/mol. The van der Waals surface area contributed by atoms with Crippen LogP contribution in [0.15, 0.2) is 42.5 Å². The van der Waals surface area contributed by atoms with E-state index in [2.05, 4.69) is 5.32 Å². The highest BCUT2D eigenvalue weighted by atomic mass is 16.2. The molecule has 6 nitrogen and oxygen atoms in total. The van der Waals surface area contributed by atoms with Gasteiger partial charge < -0.3 is 10.2 Å². The fourth-order valence-corrected chi connectivity index (χ4v) is 3.19. The lowest BCUT2D eigenvalue weighted by atomic mass is 10.1. The molecule has 3 amide bonds. The van der Waals surface area contributed by atoms with Gasteiger partial charge in [-0.3, -0.25) is 19.3 Å². The second kappa shape index (κ2) is 7.72. The van der Waals surface area contributed by atoms with Crippen molar-refractivity contribution in [1.82, 2.24) is 4.90 Å². The van der Waals surface area contributed by atoms with Crippen molar-refractivity contribution in [2.45, 2.75) is 13.8 Å². The van der Waals surface area contributed by atoms with Crippen LogP contribution >= 0.6 is 0 Å². The van der Waals surface area contributed by atoms with Gasteiger partial charge in [-0.05, 0) is 43.2 Å². The molecule has 2 aromatic carbocycles. The number of benzene rings is 2. The molecule has 2 aromatic rings. The zero-order chi connectivity index (χ0) is 19.6. The number of hydrogen-bond donors (Lipinski definition) is 2. The first kappa shape index (κ1) is 18.8. The number of amides is 3. The molecule has 1 heterocycles.